The van der Waals surface area contributed by atoms with Crippen molar-refractivity contribution in [2.24, 2.45) is 0 Å². The Balaban J connectivity index is 2.73. The van der Waals surface area contributed by atoms with Gasteiger partial charge in [-0.2, -0.15) is 0 Å². The SMILES string of the molecule is C=CC(Cl)c1cccc(CCCC)c1. The predicted octanol–water partition coefficient (Wildman–Crippen LogP) is 4.50. The summed E-state index contributed by atoms with van der Waals surface area (Å²) in [5, 5.41) is -0.0587. The number of aryl methyl sites for hydroxylation is 1. The second kappa shape index (κ2) is 5.87. The molecule has 0 spiro atoms. The Morgan fingerprint density at radius 3 is 2.93 bits per heavy atom. The summed E-state index contributed by atoms with van der Waals surface area (Å²) in [6, 6.07) is 8.45. The van der Waals surface area contributed by atoms with Crippen LogP contribution in [-0.4, -0.2) is 0 Å². The quantitative estimate of drug-likeness (QED) is 0.494. The van der Waals surface area contributed by atoms with E-state index >= 15 is 0 Å². The maximum atomic E-state index is 6.08. The Morgan fingerprint density at radius 1 is 1.50 bits per heavy atom. The monoisotopic (exact) mass is 208 g/mol. The van der Waals surface area contributed by atoms with E-state index in [-0.39, 0.29) is 5.38 Å². The molecule has 0 fully saturated rings. The Bertz CT molecular complexity index is 291. The van der Waals surface area contributed by atoms with Crippen LogP contribution in [0.4, 0.5) is 0 Å². The third-order valence-electron chi connectivity index (χ3n) is 2.30. The molecule has 0 saturated carbocycles. The second-order valence-electron chi connectivity index (χ2n) is 3.49. The number of hydrogen-bond donors (Lipinski definition) is 0. The molecule has 0 aliphatic heterocycles. The fourth-order valence-corrected chi connectivity index (χ4v) is 1.57. The first-order valence-electron chi connectivity index (χ1n) is 5.13. The van der Waals surface area contributed by atoms with Gasteiger partial charge < -0.3 is 0 Å². The molecule has 0 aliphatic rings. The molecule has 0 radical (unpaired) electrons. The van der Waals surface area contributed by atoms with E-state index in [1.807, 2.05) is 0 Å². The summed E-state index contributed by atoms with van der Waals surface area (Å²) < 4.78 is 0. The molecular weight excluding hydrogens is 192 g/mol. The Morgan fingerprint density at radius 2 is 2.29 bits per heavy atom. The van der Waals surface area contributed by atoms with Crippen LogP contribution >= 0.6 is 11.6 Å². The summed E-state index contributed by atoms with van der Waals surface area (Å²) in [5.41, 5.74) is 2.52. The van der Waals surface area contributed by atoms with Crippen LogP contribution in [0.25, 0.3) is 0 Å². The number of rotatable bonds is 5. The zero-order chi connectivity index (χ0) is 10.4. The van der Waals surface area contributed by atoms with Crippen molar-refractivity contribution in [3.63, 3.8) is 0 Å². The van der Waals surface area contributed by atoms with Crippen molar-refractivity contribution in [2.75, 3.05) is 0 Å². The van der Waals surface area contributed by atoms with Crippen LogP contribution in [0.3, 0.4) is 0 Å². The summed E-state index contributed by atoms with van der Waals surface area (Å²) in [7, 11) is 0. The molecule has 0 aliphatic carbocycles. The van der Waals surface area contributed by atoms with Crippen molar-refractivity contribution in [1.29, 1.82) is 0 Å². The molecule has 1 aromatic rings. The van der Waals surface area contributed by atoms with Crippen molar-refractivity contribution in [3.8, 4) is 0 Å². The molecule has 14 heavy (non-hydrogen) atoms. The highest BCUT2D eigenvalue weighted by Crippen LogP contribution is 2.22. The van der Waals surface area contributed by atoms with Gasteiger partial charge in [0, 0.05) is 0 Å². The highest BCUT2D eigenvalue weighted by atomic mass is 35.5. The van der Waals surface area contributed by atoms with Crippen LogP contribution in [0.5, 0.6) is 0 Å². The number of halogens is 1. The summed E-state index contributed by atoms with van der Waals surface area (Å²) in [4.78, 5) is 0. The number of unbranched alkanes of at least 4 members (excludes halogenated alkanes) is 1. The van der Waals surface area contributed by atoms with E-state index in [0.717, 1.165) is 12.0 Å². The molecule has 0 bridgehead atoms. The van der Waals surface area contributed by atoms with E-state index in [1.54, 1.807) is 6.08 Å². The van der Waals surface area contributed by atoms with Gasteiger partial charge in [-0.3, -0.25) is 0 Å². The predicted molar refractivity (Wildman–Crippen MR) is 63.8 cm³/mol. The molecule has 0 heterocycles. The molecule has 1 heteroatoms. The van der Waals surface area contributed by atoms with Gasteiger partial charge in [0.2, 0.25) is 0 Å². The maximum absolute atomic E-state index is 6.08. The molecule has 0 aromatic heterocycles. The third kappa shape index (κ3) is 3.19. The minimum Gasteiger partial charge on any atom is -0.113 e. The Hall–Kier alpha value is -0.750. The minimum absolute atomic E-state index is 0.0587. The third-order valence-corrected chi connectivity index (χ3v) is 2.73. The molecule has 0 amide bonds. The standard InChI is InChI=1S/C13H17Cl/c1-3-5-7-11-8-6-9-12(10-11)13(14)4-2/h4,6,8-10,13H,2-3,5,7H2,1H3. The molecule has 1 unspecified atom stereocenters. The van der Waals surface area contributed by atoms with Crippen LogP contribution in [-0.2, 0) is 6.42 Å². The van der Waals surface area contributed by atoms with Gasteiger partial charge in [0.1, 0.15) is 0 Å². The number of hydrogen-bond acceptors (Lipinski definition) is 0. The maximum Gasteiger partial charge on any atom is 0.0763 e. The molecule has 76 valence electrons. The lowest BCUT2D eigenvalue weighted by atomic mass is 10.0. The lowest BCUT2D eigenvalue weighted by Crippen LogP contribution is -1.89. The number of benzene rings is 1. The topological polar surface area (TPSA) is 0 Å². The fourth-order valence-electron chi connectivity index (χ4n) is 1.44. The highest BCUT2D eigenvalue weighted by Gasteiger charge is 2.02. The van der Waals surface area contributed by atoms with E-state index in [4.69, 9.17) is 11.6 Å². The summed E-state index contributed by atoms with van der Waals surface area (Å²) >= 11 is 6.08. The molecule has 1 rings (SSSR count). The van der Waals surface area contributed by atoms with Gasteiger partial charge in [0.15, 0.2) is 0 Å². The smallest absolute Gasteiger partial charge is 0.0763 e. The van der Waals surface area contributed by atoms with Gasteiger partial charge in [-0.25, -0.2) is 0 Å². The zero-order valence-electron chi connectivity index (χ0n) is 8.67. The van der Waals surface area contributed by atoms with Gasteiger partial charge in [0.05, 0.1) is 5.38 Å². The van der Waals surface area contributed by atoms with Crippen molar-refractivity contribution in [1.82, 2.24) is 0 Å². The fraction of sp³-hybridized carbons (Fsp3) is 0.385. The van der Waals surface area contributed by atoms with Crippen LogP contribution in [0, 0.1) is 0 Å². The van der Waals surface area contributed by atoms with E-state index in [0.29, 0.717) is 0 Å². The van der Waals surface area contributed by atoms with Crippen molar-refractivity contribution in [3.05, 3.63) is 48.0 Å². The van der Waals surface area contributed by atoms with E-state index < -0.39 is 0 Å². The van der Waals surface area contributed by atoms with Crippen molar-refractivity contribution < 1.29 is 0 Å². The van der Waals surface area contributed by atoms with Crippen LogP contribution in [0.1, 0.15) is 36.3 Å². The number of alkyl halides is 1. The molecule has 0 saturated heterocycles. The first kappa shape index (κ1) is 11.3. The molecular formula is C13H17Cl. The highest BCUT2D eigenvalue weighted by molar-refractivity contribution is 6.21. The first-order chi connectivity index (χ1) is 6.77. The van der Waals surface area contributed by atoms with Gasteiger partial charge in [-0.15, -0.1) is 18.2 Å². The number of allylic oxidation sites excluding steroid dienone is 1. The van der Waals surface area contributed by atoms with Crippen molar-refractivity contribution in [2.45, 2.75) is 31.6 Å². The lowest BCUT2D eigenvalue weighted by Gasteiger charge is -2.06. The Kier molecular flexibility index (Phi) is 4.75. The van der Waals surface area contributed by atoms with Gasteiger partial charge in [-0.05, 0) is 24.0 Å². The molecule has 0 nitrogen and oxygen atoms in total. The van der Waals surface area contributed by atoms with Crippen LogP contribution < -0.4 is 0 Å². The zero-order valence-corrected chi connectivity index (χ0v) is 9.43. The van der Waals surface area contributed by atoms with Gasteiger partial charge in [0.25, 0.3) is 0 Å². The molecule has 0 N–H and O–H groups in total. The van der Waals surface area contributed by atoms with Crippen LogP contribution in [0.2, 0.25) is 0 Å². The van der Waals surface area contributed by atoms with E-state index in [9.17, 15) is 0 Å². The average molecular weight is 209 g/mol. The van der Waals surface area contributed by atoms with E-state index in [1.165, 1.54) is 18.4 Å². The normalized spacial score (nSPS) is 12.4. The van der Waals surface area contributed by atoms with Gasteiger partial charge in [-0.1, -0.05) is 43.7 Å². The second-order valence-corrected chi connectivity index (χ2v) is 3.96. The molecule has 1 atom stereocenters. The largest absolute Gasteiger partial charge is 0.113 e. The summed E-state index contributed by atoms with van der Waals surface area (Å²) in [5.74, 6) is 0. The van der Waals surface area contributed by atoms with E-state index in [2.05, 4.69) is 37.8 Å². The first-order valence-corrected chi connectivity index (χ1v) is 5.57. The minimum atomic E-state index is -0.0587. The van der Waals surface area contributed by atoms with Crippen molar-refractivity contribution >= 4 is 11.6 Å². The lowest BCUT2D eigenvalue weighted by molar-refractivity contribution is 0.794. The van der Waals surface area contributed by atoms with Gasteiger partial charge >= 0.3 is 0 Å². The summed E-state index contributed by atoms with van der Waals surface area (Å²) in [6.45, 7) is 5.90. The Labute approximate surface area is 91.6 Å². The average Bonchev–Trinajstić information content (AvgIpc) is 2.25. The molecule has 1 aromatic carbocycles. The summed E-state index contributed by atoms with van der Waals surface area (Å²) in [6.07, 6.45) is 5.38. The van der Waals surface area contributed by atoms with Crippen LogP contribution in [0.15, 0.2) is 36.9 Å².